The minimum Gasteiger partial charge on any atom is -0.397 e. The number of carbonyl (C=O) groups excluding carboxylic acids is 1. The molecular formula is C29H30F2N4O3S. The number of hydrogen-bond donors (Lipinski definition) is 2. The molecule has 1 amide bonds. The van der Waals surface area contributed by atoms with Crippen LogP contribution in [-0.4, -0.2) is 50.3 Å². The number of nitrogens with one attached hydrogen (secondary N) is 1. The van der Waals surface area contributed by atoms with E-state index in [1.807, 2.05) is 4.90 Å². The highest BCUT2D eigenvalue weighted by atomic mass is 32.2. The van der Waals surface area contributed by atoms with Crippen LogP contribution >= 0.6 is 0 Å². The molecule has 0 saturated carbocycles. The van der Waals surface area contributed by atoms with Gasteiger partial charge in [-0.05, 0) is 55.0 Å². The normalized spacial score (nSPS) is 15.3. The van der Waals surface area contributed by atoms with E-state index < -0.39 is 27.7 Å². The minimum absolute atomic E-state index is 0.0250. The van der Waals surface area contributed by atoms with Gasteiger partial charge in [0.05, 0.1) is 5.69 Å². The summed E-state index contributed by atoms with van der Waals surface area (Å²) in [6.07, 6.45) is 4.89. The Bertz CT molecular complexity index is 1480. The monoisotopic (exact) mass is 552 g/mol. The van der Waals surface area contributed by atoms with Crippen molar-refractivity contribution in [3.8, 4) is 0 Å². The van der Waals surface area contributed by atoms with Gasteiger partial charge in [-0.15, -0.1) is 0 Å². The van der Waals surface area contributed by atoms with Gasteiger partial charge in [0.15, 0.2) is 0 Å². The maximum Gasteiger partial charge on any atom is 0.263 e. The average molecular weight is 553 g/mol. The zero-order valence-corrected chi connectivity index (χ0v) is 22.3. The van der Waals surface area contributed by atoms with E-state index in [-0.39, 0.29) is 27.7 Å². The molecule has 1 aliphatic heterocycles. The minimum atomic E-state index is -3.98. The topological polar surface area (TPSA) is 95.7 Å². The first-order valence-electron chi connectivity index (χ1n) is 12.4. The van der Waals surface area contributed by atoms with Crippen molar-refractivity contribution < 1.29 is 22.0 Å². The van der Waals surface area contributed by atoms with Crippen LogP contribution in [0.25, 0.3) is 6.08 Å². The molecule has 3 N–H and O–H groups in total. The molecule has 1 heterocycles. The number of piperazine rings is 1. The standard InChI is InChI=1S/C29H30F2N4O3S/c1-3-4-7-21-8-5-11-26(28(21)32)39(37,38)33-23-14-12-22(13-15-23)29(36)35-18-16-34(17-19-35)20(2)27-24(30)9-6-10-25(27)31/h3-15,20,33H,1,16-19,32H2,2H3/b7-4-. The van der Waals surface area contributed by atoms with Crippen molar-refractivity contribution in [1.82, 2.24) is 9.80 Å². The van der Waals surface area contributed by atoms with Crippen molar-refractivity contribution in [3.63, 3.8) is 0 Å². The Morgan fingerprint density at radius 2 is 1.62 bits per heavy atom. The van der Waals surface area contributed by atoms with E-state index in [1.165, 1.54) is 36.4 Å². The number of nitrogens with two attached hydrogens (primary N) is 1. The number of carbonyl (C=O) groups is 1. The molecule has 0 aromatic heterocycles. The summed E-state index contributed by atoms with van der Waals surface area (Å²) in [5, 5.41) is 0. The number of nitrogen functional groups attached to an aromatic ring is 1. The largest absolute Gasteiger partial charge is 0.397 e. The molecule has 0 radical (unpaired) electrons. The fourth-order valence-electron chi connectivity index (χ4n) is 4.59. The summed E-state index contributed by atoms with van der Waals surface area (Å²) in [6, 6.07) is 14.2. The molecule has 1 unspecified atom stereocenters. The first kappa shape index (κ1) is 28.0. The van der Waals surface area contributed by atoms with Gasteiger partial charge < -0.3 is 10.6 Å². The number of allylic oxidation sites excluding steroid dienone is 2. The molecule has 1 atom stereocenters. The van der Waals surface area contributed by atoms with Crippen molar-refractivity contribution in [1.29, 1.82) is 0 Å². The number of amides is 1. The third kappa shape index (κ3) is 6.18. The number of halogens is 2. The van der Waals surface area contributed by atoms with Gasteiger partial charge in [0.2, 0.25) is 0 Å². The second kappa shape index (κ2) is 11.8. The fourth-order valence-corrected chi connectivity index (χ4v) is 5.81. The zero-order valence-electron chi connectivity index (χ0n) is 21.5. The van der Waals surface area contributed by atoms with Crippen LogP contribution in [0.15, 0.2) is 84.3 Å². The molecule has 0 aliphatic carbocycles. The molecule has 7 nitrogen and oxygen atoms in total. The SMILES string of the molecule is C=C/C=C\c1cccc(S(=O)(=O)Nc2ccc(C(=O)N3CCN(C(C)c4c(F)cccc4F)CC3)cc2)c1N. The van der Waals surface area contributed by atoms with Gasteiger partial charge >= 0.3 is 0 Å². The Balaban J connectivity index is 1.40. The number of para-hydroxylation sites is 1. The van der Waals surface area contributed by atoms with Gasteiger partial charge in [-0.3, -0.25) is 14.4 Å². The van der Waals surface area contributed by atoms with Crippen LogP contribution in [0.5, 0.6) is 0 Å². The Hall–Kier alpha value is -4.02. The molecule has 1 aliphatic rings. The molecule has 3 aromatic carbocycles. The van der Waals surface area contributed by atoms with E-state index in [0.717, 1.165) is 0 Å². The molecule has 3 aromatic rings. The summed E-state index contributed by atoms with van der Waals surface area (Å²) >= 11 is 0. The van der Waals surface area contributed by atoms with Crippen LogP contribution in [0.4, 0.5) is 20.2 Å². The van der Waals surface area contributed by atoms with E-state index in [1.54, 1.807) is 54.3 Å². The molecule has 10 heteroatoms. The van der Waals surface area contributed by atoms with Crippen molar-refractivity contribution in [2.24, 2.45) is 0 Å². The lowest BCUT2D eigenvalue weighted by Gasteiger charge is -2.38. The first-order valence-corrected chi connectivity index (χ1v) is 13.9. The lowest BCUT2D eigenvalue weighted by atomic mass is 10.0. The average Bonchev–Trinajstić information content (AvgIpc) is 2.92. The van der Waals surface area contributed by atoms with Gasteiger partial charge in [0, 0.05) is 49.0 Å². The van der Waals surface area contributed by atoms with Gasteiger partial charge in [-0.1, -0.05) is 43.0 Å². The van der Waals surface area contributed by atoms with E-state index in [4.69, 9.17) is 5.73 Å². The van der Waals surface area contributed by atoms with Crippen molar-refractivity contribution >= 4 is 33.4 Å². The Morgan fingerprint density at radius 1 is 1.00 bits per heavy atom. The third-order valence-corrected chi connectivity index (χ3v) is 8.19. The summed E-state index contributed by atoms with van der Waals surface area (Å²) in [5.41, 5.74) is 7.46. The molecule has 0 bridgehead atoms. The van der Waals surface area contributed by atoms with Crippen LogP contribution < -0.4 is 10.5 Å². The number of hydrogen-bond acceptors (Lipinski definition) is 5. The first-order chi connectivity index (χ1) is 18.6. The van der Waals surface area contributed by atoms with Crippen LogP contribution in [-0.2, 0) is 10.0 Å². The third-order valence-electron chi connectivity index (χ3n) is 6.75. The quantitative estimate of drug-likeness (QED) is 0.301. The van der Waals surface area contributed by atoms with Crippen molar-refractivity contribution in [2.75, 3.05) is 36.6 Å². The highest BCUT2D eigenvalue weighted by Gasteiger charge is 2.28. The van der Waals surface area contributed by atoms with E-state index in [9.17, 15) is 22.0 Å². The molecule has 4 rings (SSSR count). The molecular weight excluding hydrogens is 522 g/mol. The predicted octanol–water partition coefficient (Wildman–Crippen LogP) is 5.07. The van der Waals surface area contributed by atoms with Crippen LogP contribution in [0.1, 0.15) is 34.5 Å². The maximum absolute atomic E-state index is 14.2. The van der Waals surface area contributed by atoms with Gasteiger partial charge in [-0.2, -0.15) is 0 Å². The Kier molecular flexibility index (Phi) is 8.47. The lowest BCUT2D eigenvalue weighted by molar-refractivity contribution is 0.0576. The fraction of sp³-hybridized carbons (Fsp3) is 0.207. The van der Waals surface area contributed by atoms with Gasteiger partial charge in [0.25, 0.3) is 15.9 Å². The maximum atomic E-state index is 14.2. The number of sulfonamides is 1. The number of anilines is 2. The van der Waals surface area contributed by atoms with Crippen LogP contribution in [0.3, 0.4) is 0 Å². The highest BCUT2D eigenvalue weighted by molar-refractivity contribution is 7.92. The molecule has 1 fully saturated rings. The lowest BCUT2D eigenvalue weighted by Crippen LogP contribution is -2.49. The van der Waals surface area contributed by atoms with E-state index in [2.05, 4.69) is 11.3 Å². The molecule has 204 valence electrons. The summed E-state index contributed by atoms with van der Waals surface area (Å²) in [6.45, 7) is 7.05. The van der Waals surface area contributed by atoms with Gasteiger partial charge in [0.1, 0.15) is 16.5 Å². The zero-order chi connectivity index (χ0) is 28.2. The van der Waals surface area contributed by atoms with E-state index in [0.29, 0.717) is 37.3 Å². The number of nitrogens with zero attached hydrogens (tertiary/aromatic N) is 2. The smallest absolute Gasteiger partial charge is 0.263 e. The second-order valence-electron chi connectivity index (χ2n) is 9.18. The summed E-state index contributed by atoms with van der Waals surface area (Å²) < 4.78 is 56.9. The Labute approximate surface area is 227 Å². The van der Waals surface area contributed by atoms with Gasteiger partial charge in [-0.25, -0.2) is 17.2 Å². The Morgan fingerprint density at radius 3 is 2.23 bits per heavy atom. The summed E-state index contributed by atoms with van der Waals surface area (Å²) in [4.78, 5) is 16.6. The molecule has 39 heavy (non-hydrogen) atoms. The molecule has 0 spiro atoms. The van der Waals surface area contributed by atoms with Crippen molar-refractivity contribution in [3.05, 3.63) is 108 Å². The number of benzene rings is 3. The number of rotatable bonds is 8. The summed E-state index contributed by atoms with van der Waals surface area (Å²) in [5.74, 6) is -1.38. The highest BCUT2D eigenvalue weighted by Crippen LogP contribution is 2.28. The van der Waals surface area contributed by atoms with Crippen LogP contribution in [0.2, 0.25) is 0 Å². The molecule has 1 saturated heterocycles. The summed E-state index contributed by atoms with van der Waals surface area (Å²) in [7, 11) is -3.98. The van der Waals surface area contributed by atoms with Crippen LogP contribution in [0, 0.1) is 11.6 Å². The second-order valence-corrected chi connectivity index (χ2v) is 10.8. The predicted molar refractivity (Wildman–Crippen MR) is 150 cm³/mol. The van der Waals surface area contributed by atoms with E-state index >= 15 is 0 Å². The van der Waals surface area contributed by atoms with Crippen molar-refractivity contribution in [2.45, 2.75) is 17.9 Å².